The minimum absolute atomic E-state index is 0.0571. The molecule has 5 atom stereocenters. The second-order valence-corrected chi connectivity index (χ2v) is 5.33. The zero-order valence-corrected chi connectivity index (χ0v) is 11.5. The van der Waals surface area contributed by atoms with Crippen molar-refractivity contribution in [3.63, 3.8) is 0 Å². The quantitative estimate of drug-likeness (QED) is 0.798. The summed E-state index contributed by atoms with van der Waals surface area (Å²) in [7, 11) is 1.68. The molecule has 0 radical (unpaired) electrons. The first kappa shape index (κ1) is 14.2. The van der Waals surface area contributed by atoms with Gasteiger partial charge in [-0.15, -0.1) is 0 Å². The lowest BCUT2D eigenvalue weighted by atomic mass is 9.91. The predicted octanol–water partition coefficient (Wildman–Crippen LogP) is 0.465. The van der Waals surface area contributed by atoms with Crippen molar-refractivity contribution >= 4 is 0 Å². The van der Waals surface area contributed by atoms with E-state index in [1.165, 1.54) is 0 Å². The third-order valence-electron chi connectivity index (χ3n) is 4.17. The summed E-state index contributed by atoms with van der Waals surface area (Å²) in [4.78, 5) is 2.35. The Morgan fingerprint density at radius 1 is 1.28 bits per heavy atom. The average molecular weight is 259 g/mol. The van der Waals surface area contributed by atoms with Crippen LogP contribution >= 0.6 is 0 Å². The molecule has 2 rings (SSSR count). The first-order valence-corrected chi connectivity index (χ1v) is 6.81. The monoisotopic (exact) mass is 259 g/mol. The molecule has 5 nitrogen and oxygen atoms in total. The lowest BCUT2D eigenvalue weighted by Gasteiger charge is -2.42. The molecular formula is C13H25NO4. The molecule has 0 bridgehead atoms. The largest absolute Gasteiger partial charge is 0.390 e. The molecule has 0 aromatic rings. The normalized spacial score (nSPS) is 43.0. The van der Waals surface area contributed by atoms with Crippen molar-refractivity contribution in [2.45, 2.75) is 44.8 Å². The van der Waals surface area contributed by atoms with Crippen LogP contribution < -0.4 is 0 Å². The number of aliphatic hydroxyl groups is 1. The molecular weight excluding hydrogens is 234 g/mol. The minimum atomic E-state index is -0.366. The summed E-state index contributed by atoms with van der Waals surface area (Å²) in [5, 5.41) is 10.2. The van der Waals surface area contributed by atoms with E-state index in [-0.39, 0.29) is 30.5 Å². The van der Waals surface area contributed by atoms with Gasteiger partial charge in [0.25, 0.3) is 0 Å². The van der Waals surface area contributed by atoms with Crippen LogP contribution in [0.2, 0.25) is 0 Å². The molecule has 0 amide bonds. The van der Waals surface area contributed by atoms with Gasteiger partial charge in [0.2, 0.25) is 0 Å². The molecule has 1 N–H and O–H groups in total. The van der Waals surface area contributed by atoms with Gasteiger partial charge in [-0.05, 0) is 20.3 Å². The fourth-order valence-corrected chi connectivity index (χ4v) is 2.88. The maximum atomic E-state index is 10.2. The van der Waals surface area contributed by atoms with Crippen molar-refractivity contribution in [2.24, 2.45) is 5.92 Å². The van der Waals surface area contributed by atoms with E-state index < -0.39 is 0 Å². The third kappa shape index (κ3) is 3.03. The number of hydrogen-bond acceptors (Lipinski definition) is 5. The van der Waals surface area contributed by atoms with Crippen molar-refractivity contribution in [1.82, 2.24) is 4.90 Å². The standard InChI is InChI=1S/C13H25NO4/c1-9-13(16-3)18-7-5-14(9)8-11-4-6-17-10(2)12(11)15/h9-13,15H,4-8H2,1-3H3/t9-,10+,11?,12-,13+/m1/s1. The van der Waals surface area contributed by atoms with Gasteiger partial charge in [-0.25, -0.2) is 0 Å². The van der Waals surface area contributed by atoms with E-state index in [0.717, 1.165) is 26.1 Å². The van der Waals surface area contributed by atoms with Gasteiger partial charge < -0.3 is 19.3 Å². The molecule has 1 unspecified atom stereocenters. The Labute approximate surface area is 109 Å². The summed E-state index contributed by atoms with van der Waals surface area (Å²) in [5.41, 5.74) is 0. The number of hydrogen-bond donors (Lipinski definition) is 1. The molecule has 0 aliphatic carbocycles. The zero-order valence-electron chi connectivity index (χ0n) is 11.5. The van der Waals surface area contributed by atoms with Gasteiger partial charge >= 0.3 is 0 Å². The van der Waals surface area contributed by atoms with Gasteiger partial charge in [-0.1, -0.05) is 0 Å². The lowest BCUT2D eigenvalue weighted by Crippen LogP contribution is -2.54. The Morgan fingerprint density at radius 2 is 2.06 bits per heavy atom. The molecule has 5 heteroatoms. The van der Waals surface area contributed by atoms with Crippen LogP contribution in [-0.2, 0) is 14.2 Å². The highest BCUT2D eigenvalue weighted by Crippen LogP contribution is 2.24. The van der Waals surface area contributed by atoms with E-state index >= 15 is 0 Å². The summed E-state index contributed by atoms with van der Waals surface area (Å²) in [6, 6.07) is 0.231. The maximum absolute atomic E-state index is 10.2. The number of aliphatic hydroxyl groups excluding tert-OH is 1. The second-order valence-electron chi connectivity index (χ2n) is 5.33. The summed E-state index contributed by atoms with van der Waals surface area (Å²) in [6.45, 7) is 7.28. The molecule has 0 aromatic carbocycles. The molecule has 2 saturated heterocycles. The fourth-order valence-electron chi connectivity index (χ4n) is 2.88. The van der Waals surface area contributed by atoms with Gasteiger partial charge in [0.1, 0.15) is 0 Å². The number of methoxy groups -OCH3 is 1. The highest BCUT2D eigenvalue weighted by Gasteiger charge is 2.35. The van der Waals surface area contributed by atoms with Crippen LogP contribution in [-0.4, -0.2) is 68.0 Å². The first-order chi connectivity index (χ1) is 8.63. The van der Waals surface area contributed by atoms with Crippen LogP contribution in [0.15, 0.2) is 0 Å². The molecule has 2 heterocycles. The Hall–Kier alpha value is -0.200. The van der Waals surface area contributed by atoms with E-state index in [1.54, 1.807) is 7.11 Å². The van der Waals surface area contributed by atoms with Crippen LogP contribution in [0, 0.1) is 5.92 Å². The molecule has 106 valence electrons. The Kier molecular flexibility index (Phi) is 4.98. The van der Waals surface area contributed by atoms with Crippen LogP contribution in [0.3, 0.4) is 0 Å². The maximum Gasteiger partial charge on any atom is 0.172 e. The molecule has 18 heavy (non-hydrogen) atoms. The third-order valence-corrected chi connectivity index (χ3v) is 4.17. The van der Waals surface area contributed by atoms with Gasteiger partial charge in [-0.2, -0.15) is 0 Å². The van der Waals surface area contributed by atoms with Crippen molar-refractivity contribution in [3.8, 4) is 0 Å². The van der Waals surface area contributed by atoms with E-state index in [4.69, 9.17) is 14.2 Å². The predicted molar refractivity (Wildman–Crippen MR) is 67.3 cm³/mol. The summed E-state index contributed by atoms with van der Waals surface area (Å²) >= 11 is 0. The number of ether oxygens (including phenoxy) is 3. The van der Waals surface area contributed by atoms with Gasteiger partial charge in [0.05, 0.1) is 24.9 Å². The SMILES string of the molecule is CO[C@H]1OCCN(CC2CCO[C@@H](C)[C@H]2O)[C@@H]1C. The van der Waals surface area contributed by atoms with Crippen LogP contribution in [0.1, 0.15) is 20.3 Å². The van der Waals surface area contributed by atoms with E-state index in [1.807, 2.05) is 6.92 Å². The fraction of sp³-hybridized carbons (Fsp3) is 1.00. The molecule has 0 spiro atoms. The highest BCUT2D eigenvalue weighted by atomic mass is 16.7. The summed E-state index contributed by atoms with van der Waals surface area (Å²) in [5.74, 6) is 0.284. The first-order valence-electron chi connectivity index (χ1n) is 6.81. The molecule has 2 aliphatic rings. The number of morpholine rings is 1. The van der Waals surface area contributed by atoms with Crippen LogP contribution in [0.5, 0.6) is 0 Å². The summed E-state index contributed by atoms with van der Waals surface area (Å²) < 4.78 is 16.3. The Morgan fingerprint density at radius 3 is 2.78 bits per heavy atom. The van der Waals surface area contributed by atoms with Gasteiger partial charge in [0.15, 0.2) is 6.29 Å². The minimum Gasteiger partial charge on any atom is -0.390 e. The van der Waals surface area contributed by atoms with Gasteiger partial charge in [0, 0.05) is 32.7 Å². The van der Waals surface area contributed by atoms with Crippen molar-refractivity contribution in [3.05, 3.63) is 0 Å². The number of rotatable bonds is 3. The zero-order chi connectivity index (χ0) is 13.1. The van der Waals surface area contributed by atoms with Crippen LogP contribution in [0.25, 0.3) is 0 Å². The van der Waals surface area contributed by atoms with Crippen molar-refractivity contribution in [2.75, 3.05) is 33.4 Å². The van der Waals surface area contributed by atoms with Crippen LogP contribution in [0.4, 0.5) is 0 Å². The topological polar surface area (TPSA) is 51.2 Å². The van der Waals surface area contributed by atoms with E-state index in [9.17, 15) is 5.11 Å². The van der Waals surface area contributed by atoms with Crippen molar-refractivity contribution in [1.29, 1.82) is 0 Å². The van der Waals surface area contributed by atoms with Crippen molar-refractivity contribution < 1.29 is 19.3 Å². The Bertz CT molecular complexity index is 263. The smallest absolute Gasteiger partial charge is 0.172 e. The molecule has 2 aliphatic heterocycles. The second kappa shape index (κ2) is 6.30. The average Bonchev–Trinajstić information content (AvgIpc) is 2.37. The molecule has 0 saturated carbocycles. The number of nitrogens with zero attached hydrogens (tertiary/aromatic N) is 1. The van der Waals surface area contributed by atoms with Gasteiger partial charge in [-0.3, -0.25) is 4.90 Å². The lowest BCUT2D eigenvalue weighted by molar-refractivity contribution is -0.197. The highest BCUT2D eigenvalue weighted by molar-refractivity contribution is 4.84. The summed E-state index contributed by atoms with van der Waals surface area (Å²) in [6.07, 6.45) is 0.342. The molecule has 0 aromatic heterocycles. The molecule has 2 fully saturated rings. The van der Waals surface area contributed by atoms with E-state index in [0.29, 0.717) is 6.61 Å². The van der Waals surface area contributed by atoms with E-state index in [2.05, 4.69) is 11.8 Å². The Balaban J connectivity index is 1.91.